The number of benzene rings is 1. The molecule has 0 spiro atoms. The van der Waals surface area contributed by atoms with E-state index in [1.807, 2.05) is 58.0 Å². The minimum absolute atomic E-state index is 0.0277. The van der Waals surface area contributed by atoms with Gasteiger partial charge in [0.1, 0.15) is 24.7 Å². The van der Waals surface area contributed by atoms with Crippen molar-refractivity contribution in [2.45, 2.75) is 85.0 Å². The minimum Gasteiger partial charge on any atom is -0.445 e. The third kappa shape index (κ3) is 12.8. The summed E-state index contributed by atoms with van der Waals surface area (Å²) in [5, 5.41) is 10.3. The van der Waals surface area contributed by atoms with Crippen molar-refractivity contribution in [1.82, 2.24) is 26.2 Å². The molecule has 1 aliphatic rings. The zero-order chi connectivity index (χ0) is 33.7. The topological polar surface area (TPSA) is 183 Å². The smallest absolute Gasteiger partial charge is 0.410 e. The highest BCUT2D eigenvalue weighted by molar-refractivity contribution is 7.58. The molecule has 45 heavy (non-hydrogen) atoms. The molecule has 0 aromatic heterocycles. The van der Waals surface area contributed by atoms with Crippen molar-refractivity contribution >= 4 is 37.1 Å². The fourth-order valence-corrected chi connectivity index (χ4v) is 6.73. The summed E-state index contributed by atoms with van der Waals surface area (Å²) in [6.45, 7) is 9.45. The fourth-order valence-electron chi connectivity index (χ4n) is 5.20. The summed E-state index contributed by atoms with van der Waals surface area (Å²) in [4.78, 5) is 76.0. The summed E-state index contributed by atoms with van der Waals surface area (Å²) < 4.78 is 18.5. The van der Waals surface area contributed by atoms with E-state index >= 15 is 0 Å². The van der Waals surface area contributed by atoms with E-state index in [1.54, 1.807) is 0 Å². The molecular weight excluding hydrogens is 601 g/mol. The lowest BCUT2D eigenvalue weighted by atomic mass is 9.96. The van der Waals surface area contributed by atoms with Crippen LogP contribution in [0.1, 0.15) is 65.9 Å². The Morgan fingerprint density at radius 2 is 1.60 bits per heavy atom. The fraction of sp³-hybridized carbons (Fsp3) is 0.645. The van der Waals surface area contributed by atoms with Gasteiger partial charge < -0.3 is 30.9 Å². The van der Waals surface area contributed by atoms with Crippen LogP contribution in [0.15, 0.2) is 30.3 Å². The average Bonchev–Trinajstić information content (AvgIpc) is 3.48. The van der Waals surface area contributed by atoms with Gasteiger partial charge >= 0.3 is 6.09 Å². The Labute approximate surface area is 266 Å². The van der Waals surface area contributed by atoms with Crippen LogP contribution in [0.4, 0.5) is 4.79 Å². The largest absolute Gasteiger partial charge is 0.445 e. The molecule has 1 saturated heterocycles. The summed E-state index contributed by atoms with van der Waals surface area (Å²) >= 11 is 0. The summed E-state index contributed by atoms with van der Waals surface area (Å²) in [6.07, 6.45) is 0.111. The van der Waals surface area contributed by atoms with E-state index in [4.69, 9.17) is 4.74 Å². The van der Waals surface area contributed by atoms with Gasteiger partial charge in [0.25, 0.3) is 0 Å². The van der Waals surface area contributed by atoms with Crippen LogP contribution in [0.5, 0.6) is 0 Å². The third-order valence-corrected chi connectivity index (χ3v) is 9.13. The minimum atomic E-state index is -4.04. The summed E-state index contributed by atoms with van der Waals surface area (Å²) in [5.74, 6) is -2.76. The number of carbonyl (C=O) groups is 5. The van der Waals surface area contributed by atoms with Gasteiger partial charge in [0.05, 0.1) is 6.29 Å². The molecule has 5 atom stereocenters. The number of hydrogen-bond donors (Lipinski definition) is 5. The first-order valence-corrected chi connectivity index (χ1v) is 17.5. The van der Waals surface area contributed by atoms with Crippen LogP contribution in [0.3, 0.4) is 0 Å². The van der Waals surface area contributed by atoms with Gasteiger partial charge in [-0.1, -0.05) is 58.0 Å². The van der Waals surface area contributed by atoms with Crippen LogP contribution < -0.4 is 21.3 Å². The second kappa shape index (κ2) is 17.9. The molecule has 2 rings (SSSR count). The summed E-state index contributed by atoms with van der Waals surface area (Å²) in [5.41, 5.74) is 0.813. The number of carbonyl (C=O) groups excluding carboxylic acids is 5. The molecule has 1 aromatic carbocycles. The molecule has 1 unspecified atom stereocenters. The first kappa shape index (κ1) is 37.7. The Balaban J connectivity index is 1.93. The molecule has 5 amide bonds. The normalized spacial score (nSPS) is 18.0. The zero-order valence-corrected chi connectivity index (χ0v) is 28.1. The van der Waals surface area contributed by atoms with Gasteiger partial charge in [0, 0.05) is 25.7 Å². The Bertz CT molecular complexity index is 1210. The standard InChI is InChI=1S/C31H50N5O8P/c1-20(2)15-24(28(38)35-25(16-21(3)4)29(39)32-6)18-45(42,43)19-33-27(37)22(5)34-30(40)26-13-10-14-36(26)31(41)44-17-23-11-8-7-9-12-23/h7-9,11-12,20-22,24-26H,10,13-19H2,1-6H3,(H,32,39)(H,33,37)(H,34,40)(H,35,38)(H,42,43)/t22-,24+,25-,26+/m0/s1. The van der Waals surface area contributed by atoms with E-state index in [1.165, 1.54) is 18.9 Å². The molecule has 1 aliphatic heterocycles. The van der Waals surface area contributed by atoms with Crippen LogP contribution in [-0.2, 0) is 35.1 Å². The van der Waals surface area contributed by atoms with E-state index < -0.39 is 61.5 Å². The van der Waals surface area contributed by atoms with E-state index in [2.05, 4.69) is 21.3 Å². The molecule has 0 radical (unpaired) electrons. The van der Waals surface area contributed by atoms with Gasteiger partial charge in [0.2, 0.25) is 31.0 Å². The molecule has 252 valence electrons. The monoisotopic (exact) mass is 651 g/mol. The van der Waals surface area contributed by atoms with E-state index in [0.29, 0.717) is 32.2 Å². The molecule has 0 bridgehead atoms. The predicted molar refractivity (Wildman–Crippen MR) is 170 cm³/mol. The molecule has 1 aromatic rings. The molecule has 1 fully saturated rings. The maximum atomic E-state index is 13.2. The van der Waals surface area contributed by atoms with Crippen molar-refractivity contribution < 1.29 is 38.2 Å². The highest BCUT2D eigenvalue weighted by Gasteiger charge is 2.37. The Morgan fingerprint density at radius 3 is 2.20 bits per heavy atom. The lowest BCUT2D eigenvalue weighted by Crippen LogP contribution is -2.52. The van der Waals surface area contributed by atoms with E-state index in [-0.39, 0.29) is 30.5 Å². The van der Waals surface area contributed by atoms with Crippen molar-refractivity contribution in [1.29, 1.82) is 0 Å². The third-order valence-electron chi connectivity index (χ3n) is 7.47. The quantitative estimate of drug-likeness (QED) is 0.169. The Morgan fingerprint density at radius 1 is 0.956 bits per heavy atom. The van der Waals surface area contributed by atoms with Crippen LogP contribution >= 0.6 is 7.37 Å². The molecule has 5 N–H and O–H groups in total. The first-order valence-electron chi connectivity index (χ1n) is 15.5. The van der Waals surface area contributed by atoms with Crippen molar-refractivity contribution in [3.63, 3.8) is 0 Å². The Kier molecular flexibility index (Phi) is 15.0. The number of amides is 5. The maximum absolute atomic E-state index is 13.2. The number of hydrogen-bond acceptors (Lipinski definition) is 7. The molecular formula is C31H50N5O8P. The number of likely N-dealkylation sites (N-methyl/N-ethyl adjacent to an activating group) is 1. The molecule has 13 nitrogen and oxygen atoms in total. The predicted octanol–water partition coefficient (Wildman–Crippen LogP) is 2.58. The second-order valence-corrected chi connectivity index (χ2v) is 14.9. The number of nitrogens with one attached hydrogen (secondary N) is 4. The van der Waals surface area contributed by atoms with Crippen molar-refractivity contribution in [2.75, 3.05) is 26.0 Å². The number of nitrogens with zero attached hydrogens (tertiary/aromatic N) is 1. The zero-order valence-electron chi connectivity index (χ0n) is 27.2. The van der Waals surface area contributed by atoms with Crippen LogP contribution in [0.25, 0.3) is 0 Å². The van der Waals surface area contributed by atoms with Gasteiger partial charge in [0.15, 0.2) is 0 Å². The number of likely N-dealkylation sites (tertiary alicyclic amines) is 1. The summed E-state index contributed by atoms with van der Waals surface area (Å²) in [7, 11) is -2.56. The SMILES string of the molecule is CNC(=O)[C@H](CC(C)C)NC(=O)[C@H](CC(C)C)CP(=O)(O)CNC(=O)[C@H](C)NC(=O)[C@H]1CCCN1C(=O)OCc1ccccc1. The molecule has 14 heteroatoms. The first-order chi connectivity index (χ1) is 21.1. The van der Waals surface area contributed by atoms with Gasteiger partial charge in [-0.25, -0.2) is 4.79 Å². The highest BCUT2D eigenvalue weighted by atomic mass is 31.2. The van der Waals surface area contributed by atoms with E-state index in [0.717, 1.165) is 5.56 Å². The van der Waals surface area contributed by atoms with Crippen molar-refractivity contribution in [2.24, 2.45) is 17.8 Å². The van der Waals surface area contributed by atoms with Crippen molar-refractivity contribution in [3.8, 4) is 0 Å². The van der Waals surface area contributed by atoms with Gasteiger partial charge in [-0.3, -0.25) is 28.6 Å². The lowest BCUT2D eigenvalue weighted by molar-refractivity contribution is -0.131. The second-order valence-electron chi connectivity index (χ2n) is 12.5. The van der Waals surface area contributed by atoms with Crippen LogP contribution in [0.2, 0.25) is 0 Å². The molecule has 0 aliphatic carbocycles. The maximum Gasteiger partial charge on any atom is 0.410 e. The number of rotatable bonds is 16. The highest BCUT2D eigenvalue weighted by Crippen LogP contribution is 2.42. The van der Waals surface area contributed by atoms with Gasteiger partial charge in [-0.15, -0.1) is 0 Å². The number of ether oxygens (including phenoxy) is 1. The molecule has 0 saturated carbocycles. The van der Waals surface area contributed by atoms with Crippen LogP contribution in [-0.4, -0.2) is 83.7 Å². The Hall–Kier alpha value is -3.44. The molecule has 1 heterocycles. The van der Waals surface area contributed by atoms with Gasteiger partial charge in [-0.05, 0) is 50.0 Å². The summed E-state index contributed by atoms with van der Waals surface area (Å²) in [6, 6.07) is 6.52. The average molecular weight is 652 g/mol. The van der Waals surface area contributed by atoms with Crippen molar-refractivity contribution in [3.05, 3.63) is 35.9 Å². The lowest BCUT2D eigenvalue weighted by Gasteiger charge is -2.26. The van der Waals surface area contributed by atoms with E-state index in [9.17, 15) is 33.4 Å². The van der Waals surface area contributed by atoms with Gasteiger partial charge in [-0.2, -0.15) is 0 Å². The van der Waals surface area contributed by atoms with Crippen LogP contribution in [0, 0.1) is 17.8 Å².